The van der Waals surface area contributed by atoms with Gasteiger partial charge in [0.15, 0.2) is 0 Å². The van der Waals surface area contributed by atoms with Gasteiger partial charge in [-0.25, -0.2) is 0 Å². The van der Waals surface area contributed by atoms with E-state index in [0.717, 1.165) is 6.42 Å². The van der Waals surface area contributed by atoms with Gasteiger partial charge < -0.3 is 14.8 Å². The van der Waals surface area contributed by atoms with E-state index in [1.54, 1.807) is 6.07 Å². The van der Waals surface area contributed by atoms with Crippen molar-refractivity contribution in [1.82, 2.24) is 5.32 Å². The average molecular weight is 242 g/mol. The quantitative estimate of drug-likeness (QED) is 0.561. The van der Waals surface area contributed by atoms with Gasteiger partial charge in [0.1, 0.15) is 10.7 Å². The summed E-state index contributed by atoms with van der Waals surface area (Å²) in [6, 6.07) is 2.88. The smallest absolute Gasteiger partial charge is 0.404 e. The maximum atomic E-state index is 10.4. The summed E-state index contributed by atoms with van der Waals surface area (Å²) in [4.78, 5) is 9.84. The fourth-order valence-electron chi connectivity index (χ4n) is 1.60. The van der Waals surface area contributed by atoms with Crippen molar-refractivity contribution in [3.8, 4) is 0 Å². The molecule has 0 bridgehead atoms. The average Bonchev–Trinajstić information content (AvgIpc) is 2.72. The normalized spacial score (nSPS) is 12.9. The molecule has 0 saturated carbocycles. The summed E-state index contributed by atoms with van der Waals surface area (Å²) in [5.74, 6) is 0.718. The molecule has 1 unspecified atom stereocenters. The minimum atomic E-state index is -0.568. The Morgan fingerprint density at radius 1 is 1.53 bits per heavy atom. The third-order valence-electron chi connectivity index (χ3n) is 2.37. The van der Waals surface area contributed by atoms with Gasteiger partial charge in [0.05, 0.1) is 19.2 Å². The number of hydrogen-bond donors (Lipinski definition) is 2. The van der Waals surface area contributed by atoms with Gasteiger partial charge in [-0.1, -0.05) is 13.8 Å². The molecule has 0 radical (unpaired) electrons. The summed E-state index contributed by atoms with van der Waals surface area (Å²) >= 11 is 0. The molecule has 0 spiro atoms. The van der Waals surface area contributed by atoms with E-state index >= 15 is 0 Å². The minimum Gasteiger partial charge on any atom is -0.404 e. The molecule has 17 heavy (non-hydrogen) atoms. The molecule has 1 rings (SSSR count). The Balaban J connectivity index is 2.45. The van der Waals surface area contributed by atoms with Crippen molar-refractivity contribution in [2.75, 3.05) is 6.61 Å². The molecule has 1 aromatic heterocycles. The van der Waals surface area contributed by atoms with Crippen LogP contribution in [0.1, 0.15) is 26.0 Å². The number of furan rings is 1. The van der Waals surface area contributed by atoms with Crippen LogP contribution in [0.25, 0.3) is 0 Å². The van der Waals surface area contributed by atoms with E-state index in [4.69, 9.17) is 9.52 Å². The predicted octanol–water partition coefficient (Wildman–Crippen LogP) is 1.68. The molecule has 0 aliphatic rings. The summed E-state index contributed by atoms with van der Waals surface area (Å²) in [5, 5.41) is 22.7. The fraction of sp³-hybridized carbons (Fsp3) is 0.636. The Morgan fingerprint density at radius 2 is 2.24 bits per heavy atom. The standard InChI is InChI=1S/C11H18N2O4/c1-8(2)5-9(7-14)12-6-10-3-4-11(17-10)13(15)16/h3-4,8-9,12,14H,5-7H2,1-2H3. The molecule has 0 amide bonds. The molecule has 0 aliphatic carbocycles. The number of rotatable bonds is 7. The molecule has 0 fully saturated rings. The van der Waals surface area contributed by atoms with E-state index in [-0.39, 0.29) is 18.5 Å². The zero-order valence-corrected chi connectivity index (χ0v) is 10.0. The van der Waals surface area contributed by atoms with Gasteiger partial charge in [-0.3, -0.25) is 10.1 Å². The van der Waals surface area contributed by atoms with Crippen LogP contribution in [0.3, 0.4) is 0 Å². The number of nitrogens with one attached hydrogen (secondary N) is 1. The van der Waals surface area contributed by atoms with E-state index in [2.05, 4.69) is 19.2 Å². The van der Waals surface area contributed by atoms with Crippen molar-refractivity contribution in [1.29, 1.82) is 0 Å². The highest BCUT2D eigenvalue weighted by molar-refractivity contribution is 5.17. The van der Waals surface area contributed by atoms with Crippen molar-refractivity contribution in [2.45, 2.75) is 32.9 Å². The third kappa shape index (κ3) is 4.54. The van der Waals surface area contributed by atoms with Crippen molar-refractivity contribution in [2.24, 2.45) is 5.92 Å². The number of hydrogen-bond acceptors (Lipinski definition) is 5. The van der Waals surface area contributed by atoms with Crippen molar-refractivity contribution >= 4 is 5.88 Å². The second-order valence-electron chi connectivity index (χ2n) is 4.39. The highest BCUT2D eigenvalue weighted by Gasteiger charge is 2.13. The van der Waals surface area contributed by atoms with Gasteiger partial charge in [0.25, 0.3) is 0 Å². The Labute approximate surface area is 99.8 Å². The lowest BCUT2D eigenvalue weighted by Gasteiger charge is -2.17. The van der Waals surface area contributed by atoms with E-state index in [1.165, 1.54) is 6.07 Å². The van der Waals surface area contributed by atoms with Crippen molar-refractivity contribution in [3.63, 3.8) is 0 Å². The maximum absolute atomic E-state index is 10.4. The second kappa shape index (κ2) is 6.36. The van der Waals surface area contributed by atoms with Crippen molar-refractivity contribution < 1.29 is 14.4 Å². The van der Waals surface area contributed by atoms with Gasteiger partial charge in [0.2, 0.25) is 0 Å². The first kappa shape index (κ1) is 13.7. The summed E-state index contributed by atoms with van der Waals surface area (Å²) in [5.41, 5.74) is 0. The summed E-state index contributed by atoms with van der Waals surface area (Å²) < 4.78 is 5.00. The van der Waals surface area contributed by atoms with Crippen LogP contribution in [0.4, 0.5) is 5.88 Å². The number of nitro groups is 1. The summed E-state index contributed by atoms with van der Waals surface area (Å²) in [7, 11) is 0. The first-order chi connectivity index (χ1) is 8.02. The van der Waals surface area contributed by atoms with E-state index < -0.39 is 4.92 Å². The molecule has 1 aromatic rings. The Bertz CT molecular complexity index is 362. The molecule has 6 nitrogen and oxygen atoms in total. The van der Waals surface area contributed by atoms with Crippen molar-refractivity contribution in [3.05, 3.63) is 28.0 Å². The van der Waals surface area contributed by atoms with Crippen LogP contribution in [0.5, 0.6) is 0 Å². The maximum Gasteiger partial charge on any atom is 0.433 e. The zero-order chi connectivity index (χ0) is 12.8. The molecule has 96 valence electrons. The van der Waals surface area contributed by atoms with Gasteiger partial charge in [-0.2, -0.15) is 0 Å². The van der Waals surface area contributed by atoms with Crippen LogP contribution in [0, 0.1) is 16.0 Å². The topological polar surface area (TPSA) is 88.5 Å². The number of aliphatic hydroxyl groups excluding tert-OH is 1. The highest BCUT2D eigenvalue weighted by atomic mass is 16.6. The number of nitrogens with zero attached hydrogens (tertiary/aromatic N) is 1. The lowest BCUT2D eigenvalue weighted by molar-refractivity contribution is -0.402. The molecular formula is C11H18N2O4. The molecule has 1 atom stereocenters. The van der Waals surface area contributed by atoms with Gasteiger partial charge >= 0.3 is 5.88 Å². The molecular weight excluding hydrogens is 224 g/mol. The summed E-state index contributed by atoms with van der Waals surface area (Å²) in [6.45, 7) is 4.57. The van der Waals surface area contributed by atoms with Crippen LogP contribution in [0.2, 0.25) is 0 Å². The summed E-state index contributed by atoms with van der Waals surface area (Å²) in [6.07, 6.45) is 0.847. The van der Waals surface area contributed by atoms with E-state index in [1.807, 2.05) is 0 Å². The Hall–Kier alpha value is -1.40. The molecule has 0 saturated heterocycles. The molecule has 0 aromatic carbocycles. The van der Waals surface area contributed by atoms with Gasteiger partial charge in [-0.15, -0.1) is 0 Å². The van der Waals surface area contributed by atoms with E-state index in [9.17, 15) is 10.1 Å². The number of aliphatic hydroxyl groups is 1. The third-order valence-corrected chi connectivity index (χ3v) is 2.37. The molecule has 6 heteroatoms. The minimum absolute atomic E-state index is 0.0147. The zero-order valence-electron chi connectivity index (χ0n) is 10.0. The van der Waals surface area contributed by atoms with Gasteiger partial charge in [-0.05, 0) is 18.4 Å². The van der Waals surface area contributed by atoms with Crippen LogP contribution in [0.15, 0.2) is 16.5 Å². The first-order valence-corrected chi connectivity index (χ1v) is 5.60. The Morgan fingerprint density at radius 3 is 2.71 bits per heavy atom. The van der Waals surface area contributed by atoms with Gasteiger partial charge in [0, 0.05) is 6.04 Å². The van der Waals surface area contributed by atoms with E-state index in [0.29, 0.717) is 18.2 Å². The largest absolute Gasteiger partial charge is 0.433 e. The van der Waals surface area contributed by atoms with Crippen LogP contribution >= 0.6 is 0 Å². The molecule has 1 heterocycles. The van der Waals surface area contributed by atoms with Crippen LogP contribution in [-0.4, -0.2) is 22.7 Å². The lowest BCUT2D eigenvalue weighted by atomic mass is 10.0. The SMILES string of the molecule is CC(C)CC(CO)NCc1ccc([N+](=O)[O-])o1. The van der Waals surface area contributed by atoms with Crippen LogP contribution in [-0.2, 0) is 6.54 Å². The monoisotopic (exact) mass is 242 g/mol. The predicted molar refractivity (Wildman–Crippen MR) is 62.5 cm³/mol. The lowest BCUT2D eigenvalue weighted by Crippen LogP contribution is -2.33. The fourth-order valence-corrected chi connectivity index (χ4v) is 1.60. The second-order valence-corrected chi connectivity index (χ2v) is 4.39. The molecule has 2 N–H and O–H groups in total. The highest BCUT2D eigenvalue weighted by Crippen LogP contribution is 2.15. The Kier molecular flexibility index (Phi) is 5.11. The first-order valence-electron chi connectivity index (χ1n) is 5.60. The van der Waals surface area contributed by atoms with Crippen LogP contribution < -0.4 is 5.32 Å². The molecule has 0 aliphatic heterocycles.